The number of rotatable bonds is 2. The van der Waals surface area contributed by atoms with Crippen molar-refractivity contribution < 1.29 is 4.42 Å². The van der Waals surface area contributed by atoms with Crippen LogP contribution in [0.15, 0.2) is 21.2 Å². The number of hydrogen-bond donors (Lipinski definition) is 2. The van der Waals surface area contributed by atoms with Crippen molar-refractivity contribution in [3.05, 3.63) is 22.6 Å². The lowest BCUT2D eigenvalue weighted by Gasteiger charge is -2.03. The molecule has 0 aliphatic carbocycles. The van der Waals surface area contributed by atoms with Crippen LogP contribution in [0.4, 0.5) is 0 Å². The van der Waals surface area contributed by atoms with Gasteiger partial charge in [-0.25, -0.2) is 0 Å². The highest BCUT2D eigenvalue weighted by Gasteiger charge is 2.05. The lowest BCUT2D eigenvalue weighted by atomic mass is 10.3. The third kappa shape index (κ3) is 1.59. The molecule has 3 nitrogen and oxygen atoms in total. The minimum atomic E-state index is 0.0614. The summed E-state index contributed by atoms with van der Waals surface area (Å²) in [5.74, 6) is 6.02. The normalized spacial score (nSPS) is 13.5. The minimum absolute atomic E-state index is 0.0614. The molecule has 4 heteroatoms. The van der Waals surface area contributed by atoms with Gasteiger partial charge in [-0.2, -0.15) is 0 Å². The predicted molar refractivity (Wildman–Crippen MR) is 42.1 cm³/mol. The van der Waals surface area contributed by atoms with Crippen molar-refractivity contribution >= 4 is 15.9 Å². The van der Waals surface area contributed by atoms with Crippen molar-refractivity contribution in [1.82, 2.24) is 5.43 Å². The van der Waals surface area contributed by atoms with Gasteiger partial charge in [0.25, 0.3) is 0 Å². The summed E-state index contributed by atoms with van der Waals surface area (Å²) in [5, 5.41) is 0. The second-order valence-electron chi connectivity index (χ2n) is 2.03. The van der Waals surface area contributed by atoms with Crippen LogP contribution < -0.4 is 11.3 Å². The van der Waals surface area contributed by atoms with E-state index >= 15 is 0 Å². The van der Waals surface area contributed by atoms with Crippen LogP contribution in [-0.2, 0) is 0 Å². The lowest BCUT2D eigenvalue weighted by molar-refractivity contribution is 0.423. The molecule has 0 saturated heterocycles. The van der Waals surface area contributed by atoms with Gasteiger partial charge in [0.2, 0.25) is 0 Å². The van der Waals surface area contributed by atoms with Gasteiger partial charge in [-0.3, -0.25) is 11.3 Å². The summed E-state index contributed by atoms with van der Waals surface area (Å²) >= 11 is 3.19. The standard InChI is InChI=1S/C6H9BrN2O/c1-4(9-8)5-2-3-6(7)10-5/h2-4,9H,8H2,1H3/t4-/m1/s1. The number of hydrazine groups is 1. The maximum atomic E-state index is 5.21. The molecule has 0 aromatic carbocycles. The molecule has 1 atom stereocenters. The van der Waals surface area contributed by atoms with Gasteiger partial charge in [0, 0.05) is 0 Å². The van der Waals surface area contributed by atoms with Crippen LogP contribution in [0, 0.1) is 0 Å². The first-order valence-corrected chi connectivity index (χ1v) is 3.74. The van der Waals surface area contributed by atoms with Gasteiger partial charge in [-0.15, -0.1) is 0 Å². The van der Waals surface area contributed by atoms with Crippen molar-refractivity contribution in [2.24, 2.45) is 5.84 Å². The van der Waals surface area contributed by atoms with Gasteiger partial charge in [-0.1, -0.05) is 0 Å². The van der Waals surface area contributed by atoms with E-state index in [1.54, 1.807) is 0 Å². The Morgan fingerprint density at radius 1 is 1.70 bits per heavy atom. The second-order valence-corrected chi connectivity index (χ2v) is 2.81. The van der Waals surface area contributed by atoms with Gasteiger partial charge in [-0.05, 0) is 35.0 Å². The molecule has 0 spiro atoms. The molecule has 3 N–H and O–H groups in total. The third-order valence-corrected chi connectivity index (χ3v) is 1.70. The third-order valence-electron chi connectivity index (χ3n) is 1.27. The number of nitrogens with two attached hydrogens (primary N) is 1. The van der Waals surface area contributed by atoms with Crippen molar-refractivity contribution in [2.75, 3.05) is 0 Å². The van der Waals surface area contributed by atoms with Crippen molar-refractivity contribution in [2.45, 2.75) is 13.0 Å². The number of nitrogens with one attached hydrogen (secondary N) is 1. The molecule has 0 saturated carbocycles. The average Bonchev–Trinajstić information content (AvgIpc) is 2.34. The summed E-state index contributed by atoms with van der Waals surface area (Å²) in [6.45, 7) is 1.92. The Bertz CT molecular complexity index is 211. The second kappa shape index (κ2) is 3.18. The molecule has 1 heterocycles. The highest BCUT2D eigenvalue weighted by Crippen LogP contribution is 2.18. The first-order chi connectivity index (χ1) is 4.74. The minimum Gasteiger partial charge on any atom is -0.453 e. The number of halogens is 1. The number of hydrogen-bond acceptors (Lipinski definition) is 3. The summed E-state index contributed by atoms with van der Waals surface area (Å²) in [5.41, 5.74) is 2.58. The summed E-state index contributed by atoms with van der Waals surface area (Å²) in [7, 11) is 0. The topological polar surface area (TPSA) is 51.2 Å². The summed E-state index contributed by atoms with van der Waals surface area (Å²) < 4.78 is 5.94. The molecule has 1 aromatic rings. The van der Waals surface area contributed by atoms with E-state index in [0.29, 0.717) is 0 Å². The Balaban J connectivity index is 2.74. The number of furan rings is 1. The van der Waals surface area contributed by atoms with Gasteiger partial charge < -0.3 is 4.42 Å². The molecule has 1 aromatic heterocycles. The van der Waals surface area contributed by atoms with E-state index in [-0.39, 0.29) is 6.04 Å². The zero-order valence-corrected chi connectivity index (χ0v) is 7.18. The summed E-state index contributed by atoms with van der Waals surface area (Å²) in [4.78, 5) is 0. The van der Waals surface area contributed by atoms with E-state index in [4.69, 9.17) is 10.3 Å². The monoisotopic (exact) mass is 204 g/mol. The Hall–Kier alpha value is -0.320. The highest BCUT2D eigenvalue weighted by atomic mass is 79.9. The van der Waals surface area contributed by atoms with Gasteiger partial charge in [0.15, 0.2) is 4.67 Å². The van der Waals surface area contributed by atoms with Crippen LogP contribution in [0.5, 0.6) is 0 Å². The van der Waals surface area contributed by atoms with E-state index in [0.717, 1.165) is 10.4 Å². The first-order valence-electron chi connectivity index (χ1n) is 2.95. The maximum Gasteiger partial charge on any atom is 0.169 e. The van der Waals surface area contributed by atoms with E-state index in [9.17, 15) is 0 Å². The van der Waals surface area contributed by atoms with Gasteiger partial charge in [0.1, 0.15) is 5.76 Å². The Morgan fingerprint density at radius 3 is 2.80 bits per heavy atom. The van der Waals surface area contributed by atoms with Crippen LogP contribution in [0.2, 0.25) is 0 Å². The molecule has 10 heavy (non-hydrogen) atoms. The van der Waals surface area contributed by atoms with Gasteiger partial charge in [0.05, 0.1) is 6.04 Å². The Morgan fingerprint density at radius 2 is 2.40 bits per heavy atom. The fourth-order valence-corrected chi connectivity index (χ4v) is 0.962. The molecule has 0 fully saturated rings. The van der Waals surface area contributed by atoms with Crippen molar-refractivity contribution in [3.63, 3.8) is 0 Å². The van der Waals surface area contributed by atoms with E-state index < -0.39 is 0 Å². The van der Waals surface area contributed by atoms with Crippen molar-refractivity contribution in [1.29, 1.82) is 0 Å². The molecular formula is C6H9BrN2O. The SMILES string of the molecule is C[C@@H](NN)c1ccc(Br)o1. The molecular weight excluding hydrogens is 196 g/mol. The largest absolute Gasteiger partial charge is 0.453 e. The smallest absolute Gasteiger partial charge is 0.169 e. The molecule has 0 aliphatic heterocycles. The van der Waals surface area contributed by atoms with E-state index in [2.05, 4.69) is 21.4 Å². The average molecular weight is 205 g/mol. The summed E-state index contributed by atoms with van der Waals surface area (Å²) in [6, 6.07) is 3.77. The predicted octanol–water partition coefficient (Wildman–Crippen LogP) is 1.57. The van der Waals surface area contributed by atoms with Crippen LogP contribution in [0.3, 0.4) is 0 Å². The van der Waals surface area contributed by atoms with E-state index in [1.807, 2.05) is 19.1 Å². The molecule has 56 valence electrons. The van der Waals surface area contributed by atoms with Crippen LogP contribution in [0.25, 0.3) is 0 Å². The Kier molecular flexibility index (Phi) is 2.48. The zero-order chi connectivity index (χ0) is 7.56. The molecule has 0 amide bonds. The molecule has 1 rings (SSSR count). The Labute approximate surface area is 67.7 Å². The maximum absolute atomic E-state index is 5.21. The first kappa shape index (κ1) is 7.78. The molecule has 0 bridgehead atoms. The highest BCUT2D eigenvalue weighted by molar-refractivity contribution is 9.10. The molecule has 0 radical (unpaired) electrons. The fraction of sp³-hybridized carbons (Fsp3) is 0.333. The van der Waals surface area contributed by atoms with Crippen LogP contribution >= 0.6 is 15.9 Å². The zero-order valence-electron chi connectivity index (χ0n) is 5.60. The quantitative estimate of drug-likeness (QED) is 0.569. The molecule has 0 aliphatic rings. The fourth-order valence-electron chi connectivity index (χ4n) is 0.643. The lowest BCUT2D eigenvalue weighted by Crippen LogP contribution is -2.25. The van der Waals surface area contributed by atoms with Crippen LogP contribution in [0.1, 0.15) is 18.7 Å². The molecule has 0 unspecified atom stereocenters. The van der Waals surface area contributed by atoms with E-state index in [1.165, 1.54) is 0 Å². The van der Waals surface area contributed by atoms with Crippen molar-refractivity contribution in [3.8, 4) is 0 Å². The summed E-state index contributed by atoms with van der Waals surface area (Å²) in [6.07, 6.45) is 0. The van der Waals surface area contributed by atoms with Gasteiger partial charge >= 0.3 is 0 Å². The van der Waals surface area contributed by atoms with Crippen LogP contribution in [-0.4, -0.2) is 0 Å².